The quantitative estimate of drug-likeness (QED) is 0.271. The van der Waals surface area contributed by atoms with E-state index in [-0.39, 0.29) is 18.0 Å². The summed E-state index contributed by atoms with van der Waals surface area (Å²) in [6.07, 6.45) is 14.4. The lowest BCUT2D eigenvalue weighted by Gasteiger charge is -2.19. The standard InChI is InChI=1S/C25H38O4/c1-3-4-5-6-7-8-9-12-19-28-24(26)22-15-17-23(18-16-22)25(27)29-20(2)21-13-10-11-14-21/h15-18,20-21H,3-14,19H2,1-2H3. The van der Waals surface area contributed by atoms with Crippen molar-refractivity contribution in [2.45, 2.75) is 97.0 Å². The number of unbranched alkanes of at least 4 members (excludes halogenated alkanes) is 7. The third kappa shape index (κ3) is 8.59. The summed E-state index contributed by atoms with van der Waals surface area (Å²) in [6, 6.07) is 6.59. The zero-order valence-electron chi connectivity index (χ0n) is 18.3. The van der Waals surface area contributed by atoms with E-state index in [9.17, 15) is 9.59 Å². The van der Waals surface area contributed by atoms with E-state index in [0.717, 1.165) is 25.7 Å². The van der Waals surface area contributed by atoms with E-state index in [2.05, 4.69) is 6.92 Å². The molecule has 0 spiro atoms. The molecule has 0 bridgehead atoms. The molecule has 0 heterocycles. The smallest absolute Gasteiger partial charge is 0.338 e. The summed E-state index contributed by atoms with van der Waals surface area (Å²) in [5, 5.41) is 0. The minimum Gasteiger partial charge on any atom is -0.462 e. The second kappa shape index (κ2) is 13.4. The number of rotatable bonds is 13. The van der Waals surface area contributed by atoms with Crippen LogP contribution >= 0.6 is 0 Å². The maximum atomic E-state index is 12.3. The normalized spacial score (nSPS) is 15.2. The number of carbonyl (C=O) groups is 2. The molecule has 1 aromatic rings. The predicted molar refractivity (Wildman–Crippen MR) is 116 cm³/mol. The van der Waals surface area contributed by atoms with Crippen LogP contribution in [0.2, 0.25) is 0 Å². The van der Waals surface area contributed by atoms with Gasteiger partial charge in [-0.15, -0.1) is 0 Å². The molecule has 1 aliphatic rings. The Kier molecular flexibility index (Phi) is 10.8. The summed E-state index contributed by atoms with van der Waals surface area (Å²) >= 11 is 0. The number of ether oxygens (including phenoxy) is 2. The lowest BCUT2D eigenvalue weighted by atomic mass is 10.0. The van der Waals surface area contributed by atoms with E-state index in [1.165, 1.54) is 51.4 Å². The first kappa shape index (κ1) is 23.4. The monoisotopic (exact) mass is 402 g/mol. The fourth-order valence-electron chi connectivity index (χ4n) is 3.99. The first-order chi connectivity index (χ1) is 14.1. The third-order valence-corrected chi connectivity index (χ3v) is 5.94. The molecule has 1 aromatic carbocycles. The van der Waals surface area contributed by atoms with Crippen molar-refractivity contribution in [3.8, 4) is 0 Å². The summed E-state index contributed by atoms with van der Waals surface area (Å²) < 4.78 is 10.9. The molecule has 0 N–H and O–H groups in total. The molecule has 0 aromatic heterocycles. The minimum atomic E-state index is -0.327. The lowest BCUT2D eigenvalue weighted by molar-refractivity contribution is 0.0203. The molecule has 4 heteroatoms. The maximum absolute atomic E-state index is 12.3. The van der Waals surface area contributed by atoms with Crippen molar-refractivity contribution < 1.29 is 19.1 Å². The molecule has 2 rings (SSSR count). The number of esters is 2. The van der Waals surface area contributed by atoms with Gasteiger partial charge in [0.05, 0.1) is 17.7 Å². The van der Waals surface area contributed by atoms with Crippen LogP contribution in [0.25, 0.3) is 0 Å². The minimum absolute atomic E-state index is 0.0544. The van der Waals surface area contributed by atoms with E-state index >= 15 is 0 Å². The Labute approximate surface area is 176 Å². The fourth-order valence-corrected chi connectivity index (χ4v) is 3.99. The summed E-state index contributed by atoms with van der Waals surface area (Å²) in [7, 11) is 0. The summed E-state index contributed by atoms with van der Waals surface area (Å²) in [5.41, 5.74) is 0.958. The van der Waals surface area contributed by atoms with E-state index in [1.807, 2.05) is 6.92 Å². The lowest BCUT2D eigenvalue weighted by Crippen LogP contribution is -2.22. The van der Waals surface area contributed by atoms with Gasteiger partial charge in [-0.05, 0) is 56.4 Å². The van der Waals surface area contributed by atoms with Gasteiger partial charge >= 0.3 is 11.9 Å². The number of benzene rings is 1. The zero-order valence-corrected chi connectivity index (χ0v) is 18.3. The second-order valence-electron chi connectivity index (χ2n) is 8.34. The zero-order chi connectivity index (χ0) is 20.9. The van der Waals surface area contributed by atoms with Crippen LogP contribution in [-0.2, 0) is 9.47 Å². The van der Waals surface area contributed by atoms with Crippen LogP contribution in [0.4, 0.5) is 0 Å². The van der Waals surface area contributed by atoms with E-state index in [0.29, 0.717) is 23.7 Å². The van der Waals surface area contributed by atoms with E-state index in [1.54, 1.807) is 24.3 Å². The molecular weight excluding hydrogens is 364 g/mol. The van der Waals surface area contributed by atoms with Crippen molar-refractivity contribution in [3.05, 3.63) is 35.4 Å². The fraction of sp³-hybridized carbons (Fsp3) is 0.680. The van der Waals surface area contributed by atoms with Crippen molar-refractivity contribution in [3.63, 3.8) is 0 Å². The molecule has 1 aliphatic carbocycles. The van der Waals surface area contributed by atoms with Crippen molar-refractivity contribution >= 4 is 11.9 Å². The van der Waals surface area contributed by atoms with Gasteiger partial charge in [0.2, 0.25) is 0 Å². The summed E-state index contributed by atoms with van der Waals surface area (Å²) in [4.78, 5) is 24.5. The molecule has 0 amide bonds. The largest absolute Gasteiger partial charge is 0.462 e. The molecule has 1 atom stereocenters. The second-order valence-corrected chi connectivity index (χ2v) is 8.34. The van der Waals surface area contributed by atoms with Gasteiger partial charge in [0.15, 0.2) is 0 Å². The van der Waals surface area contributed by atoms with Crippen molar-refractivity contribution in [1.29, 1.82) is 0 Å². The number of carbonyl (C=O) groups excluding carboxylic acids is 2. The highest BCUT2D eigenvalue weighted by Crippen LogP contribution is 2.29. The van der Waals surface area contributed by atoms with E-state index < -0.39 is 0 Å². The van der Waals surface area contributed by atoms with Gasteiger partial charge in [-0.1, -0.05) is 64.7 Å². The van der Waals surface area contributed by atoms with Crippen molar-refractivity contribution in [1.82, 2.24) is 0 Å². The molecule has 162 valence electrons. The number of hydrogen-bond acceptors (Lipinski definition) is 4. The number of hydrogen-bond donors (Lipinski definition) is 0. The molecular formula is C25H38O4. The maximum Gasteiger partial charge on any atom is 0.338 e. The third-order valence-electron chi connectivity index (χ3n) is 5.94. The van der Waals surface area contributed by atoms with E-state index in [4.69, 9.17) is 9.47 Å². The Balaban J connectivity index is 1.64. The van der Waals surface area contributed by atoms with Crippen molar-refractivity contribution in [2.24, 2.45) is 5.92 Å². The van der Waals surface area contributed by atoms with Crippen LogP contribution in [0, 0.1) is 5.92 Å². The highest BCUT2D eigenvalue weighted by molar-refractivity contribution is 5.93. The molecule has 0 radical (unpaired) electrons. The highest BCUT2D eigenvalue weighted by Gasteiger charge is 2.25. The van der Waals surface area contributed by atoms with Crippen LogP contribution in [0.15, 0.2) is 24.3 Å². The van der Waals surface area contributed by atoms with Crippen LogP contribution < -0.4 is 0 Å². The molecule has 29 heavy (non-hydrogen) atoms. The predicted octanol–water partition coefficient (Wildman–Crippen LogP) is 6.72. The van der Waals surface area contributed by atoms with Gasteiger partial charge < -0.3 is 9.47 Å². The van der Waals surface area contributed by atoms with Crippen LogP contribution in [-0.4, -0.2) is 24.6 Å². The Morgan fingerprint density at radius 1 is 0.862 bits per heavy atom. The average molecular weight is 403 g/mol. The first-order valence-corrected chi connectivity index (χ1v) is 11.6. The molecule has 4 nitrogen and oxygen atoms in total. The average Bonchev–Trinajstić information content (AvgIpc) is 3.27. The van der Waals surface area contributed by atoms with Gasteiger partial charge in [0, 0.05) is 0 Å². The Bertz CT molecular complexity index is 602. The van der Waals surface area contributed by atoms with Gasteiger partial charge in [0.1, 0.15) is 6.10 Å². The summed E-state index contributed by atoms with van der Waals surface area (Å²) in [6.45, 7) is 4.66. The Morgan fingerprint density at radius 2 is 1.38 bits per heavy atom. The van der Waals surface area contributed by atoms with Crippen LogP contribution in [0.1, 0.15) is 112 Å². The Hall–Kier alpha value is -1.84. The first-order valence-electron chi connectivity index (χ1n) is 11.6. The van der Waals surface area contributed by atoms with Gasteiger partial charge in [-0.25, -0.2) is 9.59 Å². The summed E-state index contributed by atoms with van der Waals surface area (Å²) in [5.74, 6) is -0.167. The highest BCUT2D eigenvalue weighted by atomic mass is 16.5. The van der Waals surface area contributed by atoms with Gasteiger partial charge in [-0.3, -0.25) is 0 Å². The van der Waals surface area contributed by atoms with Crippen molar-refractivity contribution in [2.75, 3.05) is 6.61 Å². The topological polar surface area (TPSA) is 52.6 Å². The van der Waals surface area contributed by atoms with Crippen LogP contribution in [0.3, 0.4) is 0 Å². The SMILES string of the molecule is CCCCCCCCCCOC(=O)c1ccc(C(=O)OC(C)C2CCCC2)cc1. The van der Waals surface area contributed by atoms with Crippen LogP contribution in [0.5, 0.6) is 0 Å². The molecule has 0 aliphatic heterocycles. The van der Waals surface area contributed by atoms with Gasteiger partial charge in [0.25, 0.3) is 0 Å². The molecule has 1 saturated carbocycles. The van der Waals surface area contributed by atoms with Gasteiger partial charge in [-0.2, -0.15) is 0 Å². The molecule has 0 saturated heterocycles. The Morgan fingerprint density at radius 3 is 1.97 bits per heavy atom. The molecule has 1 unspecified atom stereocenters. The molecule has 1 fully saturated rings.